The molecule has 19 heavy (non-hydrogen) atoms. The molecule has 0 amide bonds. The van der Waals surface area contributed by atoms with Gasteiger partial charge in [0.15, 0.2) is 0 Å². The highest BCUT2D eigenvalue weighted by Gasteiger charge is 2.29. The lowest BCUT2D eigenvalue weighted by Gasteiger charge is -2.23. The molecule has 2 N–H and O–H groups in total. The Morgan fingerprint density at radius 2 is 2.26 bits per heavy atom. The second-order valence-electron chi connectivity index (χ2n) is 4.06. The van der Waals surface area contributed by atoms with Gasteiger partial charge in [0.25, 0.3) is 6.02 Å². The van der Waals surface area contributed by atoms with E-state index in [1.54, 1.807) is 31.2 Å². The molecular weight excluding hydrogens is 268 g/mol. The summed E-state index contributed by atoms with van der Waals surface area (Å²) in [6.07, 6.45) is 0. The molecule has 1 aliphatic heterocycles. The number of allylic oxidation sites excluding steroid dienone is 1. The number of methoxy groups -OCH3 is 1. The Labute approximate surface area is 115 Å². The van der Waals surface area contributed by atoms with Crippen LogP contribution in [0.1, 0.15) is 18.5 Å². The lowest BCUT2D eigenvalue weighted by molar-refractivity contribution is -0.133. The van der Waals surface area contributed by atoms with Crippen molar-refractivity contribution < 1.29 is 14.6 Å². The van der Waals surface area contributed by atoms with Crippen LogP contribution in [0, 0.1) is 0 Å². The lowest BCUT2D eigenvalue weighted by Crippen LogP contribution is -2.32. The van der Waals surface area contributed by atoms with Gasteiger partial charge in [-0.1, -0.05) is 23.7 Å². The number of hydrogen-bond acceptors (Lipinski definition) is 4. The fraction of sp³-hybridized carbons (Fsp3) is 0.231. The molecule has 1 aromatic carbocycles. The van der Waals surface area contributed by atoms with Crippen LogP contribution in [0.5, 0.6) is 0 Å². The van der Waals surface area contributed by atoms with Crippen molar-refractivity contribution in [2.45, 2.75) is 13.0 Å². The molecule has 0 aromatic heterocycles. The quantitative estimate of drug-likeness (QED) is 0.872. The maximum atomic E-state index is 11.4. The molecule has 0 aliphatic carbocycles. The van der Waals surface area contributed by atoms with Gasteiger partial charge in [0.1, 0.15) is 6.04 Å². The molecule has 1 aliphatic rings. The Balaban J connectivity index is 2.51. The summed E-state index contributed by atoms with van der Waals surface area (Å²) in [4.78, 5) is 15.6. The second-order valence-corrected chi connectivity index (χ2v) is 4.50. The number of halogens is 1. The molecule has 0 bridgehead atoms. The highest BCUT2D eigenvalue weighted by atomic mass is 35.5. The topological polar surface area (TPSA) is 70.9 Å². The monoisotopic (exact) mass is 280 g/mol. The number of nitrogens with one attached hydrogen (secondary N) is 1. The van der Waals surface area contributed by atoms with Crippen molar-refractivity contribution in [2.75, 3.05) is 7.11 Å². The number of carbonyl (C=O) groups is 1. The molecule has 0 spiro atoms. The van der Waals surface area contributed by atoms with E-state index in [9.17, 15) is 9.90 Å². The van der Waals surface area contributed by atoms with Gasteiger partial charge in [-0.3, -0.25) is 0 Å². The third kappa shape index (κ3) is 2.71. The normalized spacial score (nSPS) is 18.7. The molecule has 1 aromatic rings. The second kappa shape index (κ2) is 5.32. The van der Waals surface area contributed by atoms with Crippen molar-refractivity contribution in [3.05, 3.63) is 46.1 Å². The first-order chi connectivity index (χ1) is 9.02. The minimum Gasteiger partial charge on any atom is -0.478 e. The van der Waals surface area contributed by atoms with Crippen molar-refractivity contribution in [2.24, 2.45) is 4.99 Å². The van der Waals surface area contributed by atoms with Gasteiger partial charge in [-0.15, -0.1) is 0 Å². The molecule has 0 radical (unpaired) electrons. The number of amidine groups is 1. The van der Waals surface area contributed by atoms with Crippen LogP contribution in [0.15, 0.2) is 40.5 Å². The van der Waals surface area contributed by atoms with E-state index in [1.165, 1.54) is 7.11 Å². The molecule has 2 rings (SSSR count). The van der Waals surface area contributed by atoms with Gasteiger partial charge in [-0.05, 0) is 24.6 Å². The number of aliphatic carboxylic acids is 1. The van der Waals surface area contributed by atoms with Crippen LogP contribution in [0.3, 0.4) is 0 Å². The number of benzene rings is 1. The number of carboxylic acids is 1. The van der Waals surface area contributed by atoms with Crippen molar-refractivity contribution >= 4 is 23.6 Å². The van der Waals surface area contributed by atoms with Gasteiger partial charge in [0.2, 0.25) is 0 Å². The molecule has 6 heteroatoms. The van der Waals surface area contributed by atoms with E-state index in [0.717, 1.165) is 0 Å². The van der Waals surface area contributed by atoms with E-state index in [-0.39, 0.29) is 11.6 Å². The summed E-state index contributed by atoms with van der Waals surface area (Å²) in [5.74, 6) is -1.02. The molecule has 1 heterocycles. The Morgan fingerprint density at radius 1 is 1.53 bits per heavy atom. The van der Waals surface area contributed by atoms with Crippen LogP contribution in [0.25, 0.3) is 0 Å². The average molecular weight is 281 g/mol. The predicted octanol–water partition coefficient (Wildman–Crippen LogP) is 2.35. The number of rotatable bonds is 2. The summed E-state index contributed by atoms with van der Waals surface area (Å²) >= 11 is 5.94. The number of ether oxygens (including phenoxy) is 1. The van der Waals surface area contributed by atoms with Crippen LogP contribution in [0.2, 0.25) is 5.02 Å². The van der Waals surface area contributed by atoms with Gasteiger partial charge in [0.05, 0.1) is 12.7 Å². The van der Waals surface area contributed by atoms with Crippen molar-refractivity contribution in [3.8, 4) is 0 Å². The van der Waals surface area contributed by atoms with Gasteiger partial charge < -0.3 is 15.2 Å². The zero-order valence-corrected chi connectivity index (χ0v) is 11.2. The number of aliphatic imine (C=N–C) groups is 1. The van der Waals surface area contributed by atoms with Crippen molar-refractivity contribution in [1.82, 2.24) is 5.32 Å². The highest BCUT2D eigenvalue weighted by molar-refractivity contribution is 6.30. The SMILES string of the molecule is COC1=NC(c2cccc(Cl)c2)C(C(=O)O)=C(C)N1. The molecule has 1 unspecified atom stereocenters. The third-order valence-electron chi connectivity index (χ3n) is 2.81. The third-order valence-corrected chi connectivity index (χ3v) is 3.04. The van der Waals surface area contributed by atoms with Crippen molar-refractivity contribution in [1.29, 1.82) is 0 Å². The van der Waals surface area contributed by atoms with Gasteiger partial charge in [0, 0.05) is 10.7 Å². The largest absolute Gasteiger partial charge is 0.478 e. The summed E-state index contributed by atoms with van der Waals surface area (Å²) in [6, 6.07) is 6.62. The minimum atomic E-state index is -1.02. The molecule has 0 saturated heterocycles. The fourth-order valence-corrected chi connectivity index (χ4v) is 2.14. The van der Waals surface area contributed by atoms with Gasteiger partial charge in [-0.2, -0.15) is 0 Å². The predicted molar refractivity (Wildman–Crippen MR) is 72.1 cm³/mol. The van der Waals surface area contributed by atoms with Gasteiger partial charge in [-0.25, -0.2) is 9.79 Å². The lowest BCUT2D eigenvalue weighted by atomic mass is 9.97. The molecule has 1 atom stereocenters. The standard InChI is InChI=1S/C13H13ClN2O3/c1-7-10(12(17)18)11(16-13(15-7)19-2)8-4-3-5-9(14)6-8/h3-6,11H,1-2H3,(H,15,16)(H,17,18). The Hall–Kier alpha value is -2.01. The Kier molecular flexibility index (Phi) is 3.76. The molecule has 0 fully saturated rings. The maximum Gasteiger partial charge on any atom is 0.335 e. The number of carboxylic acid groups (broad SMARTS) is 1. The van der Waals surface area contributed by atoms with E-state index in [2.05, 4.69) is 10.3 Å². The van der Waals surface area contributed by atoms with E-state index >= 15 is 0 Å². The molecule has 0 saturated carbocycles. The Bertz CT molecular complexity index is 581. The van der Waals surface area contributed by atoms with Crippen LogP contribution < -0.4 is 5.32 Å². The zero-order chi connectivity index (χ0) is 14.0. The first-order valence-corrected chi connectivity index (χ1v) is 5.99. The van der Waals surface area contributed by atoms with Gasteiger partial charge >= 0.3 is 5.97 Å². The number of hydrogen-bond donors (Lipinski definition) is 2. The zero-order valence-electron chi connectivity index (χ0n) is 10.5. The molecule has 100 valence electrons. The fourth-order valence-electron chi connectivity index (χ4n) is 1.95. The minimum absolute atomic E-state index is 0.183. The van der Waals surface area contributed by atoms with E-state index in [0.29, 0.717) is 16.3 Å². The van der Waals surface area contributed by atoms with E-state index in [4.69, 9.17) is 16.3 Å². The summed E-state index contributed by atoms with van der Waals surface area (Å²) in [7, 11) is 1.47. The average Bonchev–Trinajstić information content (AvgIpc) is 2.37. The van der Waals surface area contributed by atoms with Crippen LogP contribution in [0.4, 0.5) is 0 Å². The summed E-state index contributed by atoms with van der Waals surface area (Å²) in [6.45, 7) is 1.68. The number of nitrogens with zero attached hydrogens (tertiary/aromatic N) is 1. The van der Waals surface area contributed by atoms with Crippen LogP contribution >= 0.6 is 11.6 Å². The smallest absolute Gasteiger partial charge is 0.335 e. The highest BCUT2D eigenvalue weighted by Crippen LogP contribution is 2.31. The maximum absolute atomic E-state index is 11.4. The summed E-state index contributed by atoms with van der Waals surface area (Å²) in [5.41, 5.74) is 1.40. The van der Waals surface area contributed by atoms with Crippen LogP contribution in [-0.2, 0) is 9.53 Å². The molecule has 5 nitrogen and oxygen atoms in total. The first-order valence-electron chi connectivity index (χ1n) is 5.61. The molecular formula is C13H13ClN2O3. The van der Waals surface area contributed by atoms with E-state index in [1.807, 2.05) is 0 Å². The van der Waals surface area contributed by atoms with Crippen molar-refractivity contribution in [3.63, 3.8) is 0 Å². The first kappa shape index (κ1) is 13.4. The van der Waals surface area contributed by atoms with E-state index < -0.39 is 12.0 Å². The summed E-state index contributed by atoms with van der Waals surface area (Å²) < 4.78 is 5.05. The Morgan fingerprint density at radius 3 is 2.84 bits per heavy atom. The van der Waals surface area contributed by atoms with Crippen LogP contribution in [-0.4, -0.2) is 24.2 Å². The summed E-state index contributed by atoms with van der Waals surface area (Å²) in [5, 5.41) is 12.7.